The van der Waals surface area contributed by atoms with Gasteiger partial charge in [-0.15, -0.1) is 0 Å². The Morgan fingerprint density at radius 1 is 1.29 bits per heavy atom. The second-order valence-corrected chi connectivity index (χ2v) is 4.62. The summed E-state index contributed by atoms with van der Waals surface area (Å²) in [6, 6.07) is 0. The SMILES string of the molecule is CCC(CC)CC1=NC=C(C(C)C)C1. The van der Waals surface area contributed by atoms with E-state index in [0.717, 1.165) is 12.3 Å². The fraction of sp³-hybridized carbons (Fsp3) is 0.769. The molecule has 0 radical (unpaired) electrons. The molecule has 1 aliphatic rings. The minimum absolute atomic E-state index is 0.665. The third-order valence-electron chi connectivity index (χ3n) is 3.24. The van der Waals surface area contributed by atoms with E-state index in [4.69, 9.17) is 0 Å². The van der Waals surface area contributed by atoms with E-state index in [2.05, 4.69) is 38.9 Å². The summed E-state index contributed by atoms with van der Waals surface area (Å²) in [7, 11) is 0. The highest BCUT2D eigenvalue weighted by atomic mass is 14.7. The summed E-state index contributed by atoms with van der Waals surface area (Å²) < 4.78 is 0. The minimum Gasteiger partial charge on any atom is -0.265 e. The van der Waals surface area contributed by atoms with Crippen LogP contribution < -0.4 is 0 Å². The topological polar surface area (TPSA) is 12.4 Å². The van der Waals surface area contributed by atoms with E-state index in [1.54, 1.807) is 0 Å². The van der Waals surface area contributed by atoms with Crippen LogP contribution >= 0.6 is 0 Å². The van der Waals surface area contributed by atoms with Gasteiger partial charge < -0.3 is 0 Å². The molecule has 0 atom stereocenters. The molecule has 1 nitrogen and oxygen atoms in total. The number of hydrogen-bond donors (Lipinski definition) is 0. The molecule has 0 aliphatic carbocycles. The lowest BCUT2D eigenvalue weighted by atomic mass is 9.92. The molecule has 1 rings (SSSR count). The van der Waals surface area contributed by atoms with Crippen LogP contribution in [0, 0.1) is 11.8 Å². The van der Waals surface area contributed by atoms with Crippen LogP contribution in [0.5, 0.6) is 0 Å². The zero-order valence-electron chi connectivity index (χ0n) is 10.0. The fourth-order valence-electron chi connectivity index (χ4n) is 1.89. The van der Waals surface area contributed by atoms with Gasteiger partial charge >= 0.3 is 0 Å². The molecule has 0 amide bonds. The van der Waals surface area contributed by atoms with Crippen LogP contribution in [0.25, 0.3) is 0 Å². The monoisotopic (exact) mass is 193 g/mol. The molecule has 0 N–H and O–H groups in total. The first-order chi connectivity index (χ1) is 6.67. The summed E-state index contributed by atoms with van der Waals surface area (Å²) in [5.41, 5.74) is 2.91. The van der Waals surface area contributed by atoms with E-state index < -0.39 is 0 Å². The van der Waals surface area contributed by atoms with Gasteiger partial charge in [0.05, 0.1) is 0 Å². The lowest BCUT2D eigenvalue weighted by Gasteiger charge is -2.12. The predicted octanol–water partition coefficient (Wildman–Crippen LogP) is 4.20. The molecule has 0 saturated carbocycles. The van der Waals surface area contributed by atoms with Crippen LogP contribution in [0.15, 0.2) is 16.8 Å². The van der Waals surface area contributed by atoms with Gasteiger partial charge in [-0.3, -0.25) is 4.99 Å². The molecule has 0 saturated heterocycles. The number of allylic oxidation sites excluding steroid dienone is 1. The Morgan fingerprint density at radius 2 is 1.93 bits per heavy atom. The lowest BCUT2D eigenvalue weighted by molar-refractivity contribution is 0.510. The van der Waals surface area contributed by atoms with Crippen LogP contribution in [0.1, 0.15) is 53.4 Å². The number of nitrogens with zero attached hydrogens (tertiary/aromatic N) is 1. The van der Waals surface area contributed by atoms with Gasteiger partial charge in [0.15, 0.2) is 0 Å². The van der Waals surface area contributed by atoms with Crippen molar-refractivity contribution in [2.75, 3.05) is 0 Å². The van der Waals surface area contributed by atoms with Crippen LogP contribution in [0.3, 0.4) is 0 Å². The Bertz CT molecular complexity index is 232. The van der Waals surface area contributed by atoms with E-state index in [1.165, 1.54) is 30.5 Å². The Kier molecular flexibility index (Phi) is 4.37. The molecule has 0 fully saturated rings. The molecule has 0 unspecified atom stereocenters. The molecule has 1 heterocycles. The van der Waals surface area contributed by atoms with Crippen LogP contribution in [0.4, 0.5) is 0 Å². The molecule has 14 heavy (non-hydrogen) atoms. The van der Waals surface area contributed by atoms with Crippen LogP contribution in [-0.2, 0) is 0 Å². The first-order valence-electron chi connectivity index (χ1n) is 5.91. The van der Waals surface area contributed by atoms with Gasteiger partial charge in [0.25, 0.3) is 0 Å². The summed E-state index contributed by atoms with van der Waals surface area (Å²) in [5.74, 6) is 1.51. The standard InChI is InChI=1S/C13H23N/c1-5-11(6-2)7-13-8-12(9-14-13)10(3)4/h9-11H,5-8H2,1-4H3. The van der Waals surface area contributed by atoms with Crippen molar-refractivity contribution in [3.05, 3.63) is 11.8 Å². The van der Waals surface area contributed by atoms with Crippen molar-refractivity contribution in [2.24, 2.45) is 16.8 Å². The number of aliphatic imine (C=N–C) groups is 1. The Hall–Kier alpha value is -0.590. The molecule has 0 bridgehead atoms. The lowest BCUT2D eigenvalue weighted by Crippen LogP contribution is -2.06. The second kappa shape index (κ2) is 5.33. The van der Waals surface area contributed by atoms with Crippen molar-refractivity contribution in [3.8, 4) is 0 Å². The van der Waals surface area contributed by atoms with E-state index in [1.807, 2.05) is 0 Å². The highest BCUT2D eigenvalue weighted by molar-refractivity contribution is 5.89. The zero-order chi connectivity index (χ0) is 10.6. The first kappa shape index (κ1) is 11.5. The van der Waals surface area contributed by atoms with Gasteiger partial charge in [-0.25, -0.2) is 0 Å². The summed E-state index contributed by atoms with van der Waals surface area (Å²) in [5, 5.41) is 0. The summed E-state index contributed by atoms with van der Waals surface area (Å²) in [6.07, 6.45) is 7.00. The van der Waals surface area contributed by atoms with Crippen molar-refractivity contribution in [1.82, 2.24) is 0 Å². The number of rotatable bonds is 5. The Morgan fingerprint density at radius 3 is 2.36 bits per heavy atom. The predicted molar refractivity (Wildman–Crippen MR) is 63.7 cm³/mol. The third kappa shape index (κ3) is 2.97. The second-order valence-electron chi connectivity index (χ2n) is 4.62. The molecule has 0 spiro atoms. The average Bonchev–Trinajstić information content (AvgIpc) is 2.62. The molecule has 0 aromatic carbocycles. The summed E-state index contributed by atoms with van der Waals surface area (Å²) in [6.45, 7) is 9.06. The van der Waals surface area contributed by atoms with E-state index >= 15 is 0 Å². The van der Waals surface area contributed by atoms with Crippen LogP contribution in [0.2, 0.25) is 0 Å². The maximum atomic E-state index is 4.53. The quantitative estimate of drug-likeness (QED) is 0.620. The van der Waals surface area contributed by atoms with Gasteiger partial charge in [-0.2, -0.15) is 0 Å². The smallest absolute Gasteiger partial charge is 0.0265 e. The van der Waals surface area contributed by atoms with Gasteiger partial charge in [0.1, 0.15) is 0 Å². The Balaban J connectivity index is 2.38. The summed E-state index contributed by atoms with van der Waals surface area (Å²) >= 11 is 0. The van der Waals surface area contributed by atoms with Gasteiger partial charge in [-0.1, -0.05) is 40.5 Å². The zero-order valence-corrected chi connectivity index (χ0v) is 10.0. The number of hydrogen-bond acceptors (Lipinski definition) is 1. The molecular formula is C13H23N. The van der Waals surface area contributed by atoms with Crippen molar-refractivity contribution >= 4 is 5.71 Å². The minimum atomic E-state index is 0.665. The van der Waals surface area contributed by atoms with Crippen molar-refractivity contribution < 1.29 is 0 Å². The van der Waals surface area contributed by atoms with E-state index in [-0.39, 0.29) is 0 Å². The highest BCUT2D eigenvalue weighted by Gasteiger charge is 2.15. The third-order valence-corrected chi connectivity index (χ3v) is 3.24. The maximum absolute atomic E-state index is 4.53. The molecular weight excluding hydrogens is 170 g/mol. The fourth-order valence-corrected chi connectivity index (χ4v) is 1.89. The van der Waals surface area contributed by atoms with Gasteiger partial charge in [0, 0.05) is 18.3 Å². The van der Waals surface area contributed by atoms with Crippen molar-refractivity contribution in [1.29, 1.82) is 0 Å². The normalized spacial score (nSPS) is 16.4. The maximum Gasteiger partial charge on any atom is 0.0265 e. The largest absolute Gasteiger partial charge is 0.265 e. The highest BCUT2D eigenvalue weighted by Crippen LogP contribution is 2.24. The van der Waals surface area contributed by atoms with Gasteiger partial charge in [-0.05, 0) is 23.8 Å². The Labute approximate surface area is 88.3 Å². The first-order valence-corrected chi connectivity index (χ1v) is 5.91. The van der Waals surface area contributed by atoms with Crippen molar-refractivity contribution in [3.63, 3.8) is 0 Å². The van der Waals surface area contributed by atoms with Crippen LogP contribution in [-0.4, -0.2) is 5.71 Å². The van der Waals surface area contributed by atoms with Gasteiger partial charge in [0.2, 0.25) is 0 Å². The van der Waals surface area contributed by atoms with E-state index in [9.17, 15) is 0 Å². The summed E-state index contributed by atoms with van der Waals surface area (Å²) in [4.78, 5) is 4.53. The molecule has 0 aromatic rings. The van der Waals surface area contributed by atoms with Crippen molar-refractivity contribution in [2.45, 2.75) is 53.4 Å². The molecule has 0 aromatic heterocycles. The molecule has 80 valence electrons. The molecule has 1 aliphatic heterocycles. The average molecular weight is 193 g/mol. The van der Waals surface area contributed by atoms with E-state index in [0.29, 0.717) is 5.92 Å². The molecule has 1 heteroatoms.